The van der Waals surface area contributed by atoms with Crippen molar-refractivity contribution < 1.29 is 4.42 Å². The van der Waals surface area contributed by atoms with Crippen molar-refractivity contribution in [3.63, 3.8) is 0 Å². The van der Waals surface area contributed by atoms with Crippen LogP contribution in [-0.4, -0.2) is 38.0 Å². The second-order valence-corrected chi connectivity index (χ2v) is 6.00. The number of benzene rings is 1. The summed E-state index contributed by atoms with van der Waals surface area (Å²) in [6.45, 7) is 6.40. The van der Waals surface area contributed by atoms with E-state index in [4.69, 9.17) is 9.41 Å². The molecular weight excluding hydrogens is 427 g/mol. The Balaban J connectivity index is 0.00000312. The first-order chi connectivity index (χ1) is 11.6. The molecule has 0 saturated carbocycles. The summed E-state index contributed by atoms with van der Waals surface area (Å²) in [5, 5.41) is 6.72. The fraction of sp³-hybridized carbons (Fsp3) is 0.421. The van der Waals surface area contributed by atoms with Crippen LogP contribution in [-0.2, 0) is 6.54 Å². The number of hydrogen-bond acceptors (Lipinski definition) is 3. The van der Waals surface area contributed by atoms with Crippen LogP contribution in [0.15, 0.2) is 52.1 Å². The topological polar surface area (TPSA) is 52.8 Å². The standard InChI is InChI=1S/C19H28N4O.HI/c1-5-20-19(21-13-16-10-7-6-9-15(16)2)22-14-17(23(3)4)18-11-8-12-24-18;/h6-12,17H,5,13-14H2,1-4H3,(H2,20,21,22);1H. The number of aliphatic imine (C=N–C) groups is 1. The molecule has 1 aromatic carbocycles. The van der Waals surface area contributed by atoms with Gasteiger partial charge in [0.1, 0.15) is 5.76 Å². The molecule has 0 bridgehead atoms. The quantitative estimate of drug-likeness (QED) is 0.380. The lowest BCUT2D eigenvalue weighted by molar-refractivity contribution is 0.258. The van der Waals surface area contributed by atoms with Crippen LogP contribution in [0.4, 0.5) is 0 Å². The maximum absolute atomic E-state index is 5.55. The largest absolute Gasteiger partial charge is 0.468 e. The number of aryl methyl sites for hydroxylation is 1. The third-order valence-corrected chi connectivity index (χ3v) is 3.97. The number of hydrogen-bond donors (Lipinski definition) is 2. The van der Waals surface area contributed by atoms with Crippen molar-refractivity contribution in [2.45, 2.75) is 26.4 Å². The van der Waals surface area contributed by atoms with Gasteiger partial charge in [-0.05, 0) is 51.2 Å². The Morgan fingerprint density at radius 3 is 2.52 bits per heavy atom. The number of halogens is 1. The second-order valence-electron chi connectivity index (χ2n) is 6.00. The minimum Gasteiger partial charge on any atom is -0.468 e. The summed E-state index contributed by atoms with van der Waals surface area (Å²) in [6, 6.07) is 12.4. The van der Waals surface area contributed by atoms with Crippen molar-refractivity contribution in [1.82, 2.24) is 15.5 Å². The van der Waals surface area contributed by atoms with Gasteiger partial charge >= 0.3 is 0 Å². The van der Waals surface area contributed by atoms with Gasteiger partial charge in [0.2, 0.25) is 0 Å². The molecule has 1 aromatic heterocycles. The molecule has 0 saturated heterocycles. The Hall–Kier alpha value is -1.54. The van der Waals surface area contributed by atoms with E-state index in [0.29, 0.717) is 6.54 Å². The lowest BCUT2D eigenvalue weighted by atomic mass is 10.1. The van der Waals surface area contributed by atoms with Gasteiger partial charge in [0.05, 0.1) is 18.8 Å². The number of nitrogens with zero attached hydrogens (tertiary/aromatic N) is 2. The van der Waals surface area contributed by atoms with Gasteiger partial charge in [0.25, 0.3) is 0 Å². The van der Waals surface area contributed by atoms with Gasteiger partial charge in [-0.15, -0.1) is 24.0 Å². The van der Waals surface area contributed by atoms with Gasteiger partial charge in [-0.25, -0.2) is 4.99 Å². The SMILES string of the molecule is CCNC(=NCc1ccccc1C)NCC(c1ccco1)N(C)C.I. The van der Waals surface area contributed by atoms with Gasteiger partial charge in [0.15, 0.2) is 5.96 Å². The van der Waals surface area contributed by atoms with Gasteiger partial charge in [-0.3, -0.25) is 4.90 Å². The highest BCUT2D eigenvalue weighted by molar-refractivity contribution is 14.0. The van der Waals surface area contributed by atoms with Crippen LogP contribution in [0, 0.1) is 6.92 Å². The second kappa shape index (κ2) is 11.1. The van der Waals surface area contributed by atoms with E-state index < -0.39 is 0 Å². The Morgan fingerprint density at radius 2 is 1.92 bits per heavy atom. The zero-order chi connectivity index (χ0) is 17.4. The molecule has 0 aliphatic carbocycles. The normalized spacial score (nSPS) is 12.6. The molecule has 25 heavy (non-hydrogen) atoms. The Morgan fingerprint density at radius 1 is 1.16 bits per heavy atom. The zero-order valence-electron chi connectivity index (χ0n) is 15.5. The molecule has 0 radical (unpaired) electrons. The fourth-order valence-electron chi connectivity index (χ4n) is 2.51. The molecule has 1 atom stereocenters. The minimum atomic E-state index is 0. The lowest BCUT2D eigenvalue weighted by Crippen LogP contribution is -2.41. The maximum atomic E-state index is 5.55. The van der Waals surface area contributed by atoms with E-state index in [-0.39, 0.29) is 30.0 Å². The van der Waals surface area contributed by atoms with Crippen LogP contribution in [0.5, 0.6) is 0 Å². The van der Waals surface area contributed by atoms with E-state index in [1.165, 1.54) is 11.1 Å². The van der Waals surface area contributed by atoms with Crippen LogP contribution >= 0.6 is 24.0 Å². The lowest BCUT2D eigenvalue weighted by Gasteiger charge is -2.23. The molecule has 6 heteroatoms. The van der Waals surface area contributed by atoms with E-state index in [1.807, 2.05) is 26.2 Å². The summed E-state index contributed by atoms with van der Waals surface area (Å²) in [7, 11) is 4.10. The first kappa shape index (κ1) is 21.5. The van der Waals surface area contributed by atoms with Gasteiger partial charge < -0.3 is 15.1 Å². The predicted molar refractivity (Wildman–Crippen MR) is 115 cm³/mol. The number of guanidine groups is 1. The summed E-state index contributed by atoms with van der Waals surface area (Å²) in [6.07, 6.45) is 1.71. The molecule has 0 amide bonds. The summed E-state index contributed by atoms with van der Waals surface area (Å²) in [4.78, 5) is 6.84. The average Bonchev–Trinajstić information content (AvgIpc) is 3.08. The Bertz CT molecular complexity index is 641. The highest BCUT2D eigenvalue weighted by Crippen LogP contribution is 2.17. The number of rotatable bonds is 7. The minimum absolute atomic E-state index is 0. The van der Waals surface area contributed by atoms with Crippen LogP contribution < -0.4 is 10.6 Å². The molecule has 5 nitrogen and oxygen atoms in total. The Labute approximate surface area is 167 Å². The van der Waals surface area contributed by atoms with Gasteiger partial charge in [-0.1, -0.05) is 24.3 Å². The predicted octanol–water partition coefficient (Wildman–Crippen LogP) is 3.56. The molecular formula is C19H29IN4O. The van der Waals surface area contributed by atoms with Crippen molar-refractivity contribution in [2.75, 3.05) is 27.2 Å². The monoisotopic (exact) mass is 456 g/mol. The van der Waals surface area contributed by atoms with E-state index in [0.717, 1.165) is 24.8 Å². The zero-order valence-corrected chi connectivity index (χ0v) is 17.8. The molecule has 0 fully saturated rings. The fourth-order valence-corrected chi connectivity index (χ4v) is 2.51. The van der Waals surface area contributed by atoms with Crippen molar-refractivity contribution >= 4 is 29.9 Å². The van der Waals surface area contributed by atoms with Crippen LogP contribution in [0.25, 0.3) is 0 Å². The van der Waals surface area contributed by atoms with Crippen LogP contribution in [0.3, 0.4) is 0 Å². The number of nitrogens with one attached hydrogen (secondary N) is 2. The molecule has 2 rings (SSSR count). The maximum Gasteiger partial charge on any atom is 0.191 e. The number of furan rings is 1. The van der Waals surface area contributed by atoms with Gasteiger partial charge in [-0.2, -0.15) is 0 Å². The van der Waals surface area contributed by atoms with E-state index in [1.54, 1.807) is 6.26 Å². The number of likely N-dealkylation sites (N-methyl/N-ethyl adjacent to an activating group) is 1. The highest BCUT2D eigenvalue weighted by atomic mass is 127. The summed E-state index contributed by atoms with van der Waals surface area (Å²) in [5.41, 5.74) is 2.50. The van der Waals surface area contributed by atoms with Crippen molar-refractivity contribution in [2.24, 2.45) is 4.99 Å². The average molecular weight is 456 g/mol. The molecule has 138 valence electrons. The van der Waals surface area contributed by atoms with Crippen molar-refractivity contribution in [3.8, 4) is 0 Å². The Kier molecular flexibility index (Phi) is 9.59. The molecule has 0 aliphatic heterocycles. The molecule has 2 aromatic rings. The van der Waals surface area contributed by atoms with Crippen molar-refractivity contribution in [3.05, 3.63) is 59.5 Å². The van der Waals surface area contributed by atoms with E-state index in [9.17, 15) is 0 Å². The third kappa shape index (κ3) is 6.70. The van der Waals surface area contributed by atoms with Crippen LogP contribution in [0.2, 0.25) is 0 Å². The molecule has 1 unspecified atom stereocenters. The van der Waals surface area contributed by atoms with Gasteiger partial charge in [0, 0.05) is 13.1 Å². The first-order valence-corrected chi connectivity index (χ1v) is 8.38. The summed E-state index contributed by atoms with van der Waals surface area (Å²) >= 11 is 0. The summed E-state index contributed by atoms with van der Waals surface area (Å²) < 4.78 is 5.55. The van der Waals surface area contributed by atoms with Crippen LogP contribution in [0.1, 0.15) is 29.9 Å². The summed E-state index contributed by atoms with van der Waals surface area (Å²) in [5.74, 6) is 1.77. The molecule has 2 N–H and O–H groups in total. The van der Waals surface area contributed by atoms with Crippen molar-refractivity contribution in [1.29, 1.82) is 0 Å². The first-order valence-electron chi connectivity index (χ1n) is 8.38. The molecule has 0 aliphatic rings. The molecule has 1 heterocycles. The highest BCUT2D eigenvalue weighted by Gasteiger charge is 2.17. The smallest absolute Gasteiger partial charge is 0.191 e. The molecule has 0 spiro atoms. The van der Waals surface area contributed by atoms with E-state index >= 15 is 0 Å². The van der Waals surface area contributed by atoms with E-state index in [2.05, 4.69) is 53.6 Å². The third-order valence-electron chi connectivity index (χ3n) is 3.97.